The van der Waals surface area contributed by atoms with Gasteiger partial charge in [-0.25, -0.2) is 9.97 Å². The number of anilines is 3. The molecule has 198 valence electrons. The van der Waals surface area contributed by atoms with Crippen LogP contribution in [-0.4, -0.2) is 44.2 Å². The Morgan fingerprint density at radius 1 is 1.16 bits per heavy atom. The summed E-state index contributed by atoms with van der Waals surface area (Å²) in [5, 5.41) is 6.46. The lowest BCUT2D eigenvalue weighted by atomic mass is 9.85. The highest BCUT2D eigenvalue weighted by atomic mass is 19.4. The number of benzene rings is 1. The van der Waals surface area contributed by atoms with Crippen LogP contribution < -0.4 is 16.4 Å². The maximum Gasteiger partial charge on any atom is 0.416 e. The largest absolute Gasteiger partial charge is 0.416 e. The van der Waals surface area contributed by atoms with Gasteiger partial charge in [0.15, 0.2) is 5.65 Å². The number of fused-ring (bicyclic) bond motifs is 1. The fraction of sp³-hybridized carbons (Fsp3) is 0.520. The minimum Gasteiger partial charge on any atom is -0.378 e. The summed E-state index contributed by atoms with van der Waals surface area (Å²) < 4.78 is 47.4. The maximum absolute atomic E-state index is 13.3. The number of rotatable bonds is 6. The Kier molecular flexibility index (Phi) is 6.93. The molecule has 12 heteroatoms. The van der Waals surface area contributed by atoms with Crippen molar-refractivity contribution in [3.05, 3.63) is 36.0 Å². The number of primary amides is 1. The van der Waals surface area contributed by atoms with E-state index in [1.54, 1.807) is 12.3 Å². The summed E-state index contributed by atoms with van der Waals surface area (Å²) in [4.78, 5) is 25.5. The molecule has 1 amide bonds. The van der Waals surface area contributed by atoms with E-state index in [2.05, 4.69) is 20.6 Å². The number of carbonyl (C=O) groups excluding carboxylic acids is 1. The molecule has 37 heavy (non-hydrogen) atoms. The van der Waals surface area contributed by atoms with Gasteiger partial charge in [-0.1, -0.05) is 6.07 Å². The summed E-state index contributed by atoms with van der Waals surface area (Å²) in [6, 6.07) is 5.12. The number of ether oxygens (including phenoxy) is 1. The van der Waals surface area contributed by atoms with Crippen LogP contribution in [0.1, 0.15) is 57.1 Å². The second-order valence-electron chi connectivity index (χ2n) is 9.87. The molecule has 0 spiro atoms. The fourth-order valence-electron chi connectivity index (χ4n) is 5.23. The number of amides is 1. The first-order valence-corrected chi connectivity index (χ1v) is 12.5. The third-order valence-electron chi connectivity index (χ3n) is 7.16. The highest BCUT2D eigenvalue weighted by Crippen LogP contribution is 2.38. The molecular weight excluding hydrogens is 487 g/mol. The first-order chi connectivity index (χ1) is 17.7. The van der Waals surface area contributed by atoms with Crippen LogP contribution in [0.25, 0.3) is 11.2 Å². The first kappa shape index (κ1) is 25.2. The number of aromatic nitrogens is 4. The molecule has 2 aromatic heterocycles. The average molecular weight is 518 g/mol. The van der Waals surface area contributed by atoms with Crippen LogP contribution in [-0.2, 0) is 15.7 Å². The minimum absolute atomic E-state index is 0.0558. The van der Waals surface area contributed by atoms with Gasteiger partial charge < -0.3 is 21.1 Å². The summed E-state index contributed by atoms with van der Waals surface area (Å²) in [5.41, 5.74) is 6.14. The number of alkyl halides is 3. The smallest absolute Gasteiger partial charge is 0.378 e. The Labute approximate surface area is 212 Å². The topological polar surface area (TPSA) is 120 Å². The van der Waals surface area contributed by atoms with Crippen LogP contribution in [0.5, 0.6) is 0 Å². The Bertz CT molecular complexity index is 1270. The van der Waals surface area contributed by atoms with Crippen molar-refractivity contribution in [3.63, 3.8) is 0 Å². The van der Waals surface area contributed by atoms with E-state index in [0.29, 0.717) is 55.4 Å². The SMILES string of the molecule is C[C@H]1C[C@@H](Nc2ncc3nc(Nc4cccc(C(F)(F)F)c4)n(C4CCC(C(N)=O)CC4)c3n2)CCO1. The molecule has 1 aliphatic carbocycles. The molecule has 2 atom stereocenters. The summed E-state index contributed by atoms with van der Waals surface area (Å²) in [7, 11) is 0. The normalized spacial score (nSPS) is 24.6. The number of nitrogens with two attached hydrogens (primary N) is 1. The van der Waals surface area contributed by atoms with Gasteiger partial charge in [-0.2, -0.15) is 18.2 Å². The van der Waals surface area contributed by atoms with E-state index in [0.717, 1.165) is 25.0 Å². The standard InChI is InChI=1S/C25H30F3N7O2/c1-14-11-18(9-10-37-14)31-23-30-13-20-22(34-23)35(19-7-5-15(6-8-19)21(29)36)24(33-20)32-17-4-2-3-16(12-17)25(26,27)28/h2-4,12-15,18-19H,5-11H2,1H3,(H2,29,36)(H,32,33)(H,30,31,34)/t14-,15?,18-,19?/m0/s1. The number of halogens is 3. The number of imidazole rings is 1. The number of hydrogen-bond acceptors (Lipinski definition) is 7. The predicted octanol–water partition coefficient (Wildman–Crippen LogP) is 4.78. The Balaban J connectivity index is 1.49. The fourth-order valence-corrected chi connectivity index (χ4v) is 5.23. The molecule has 4 N–H and O–H groups in total. The van der Waals surface area contributed by atoms with E-state index in [1.807, 2.05) is 11.5 Å². The van der Waals surface area contributed by atoms with Crippen LogP contribution in [0.3, 0.4) is 0 Å². The summed E-state index contributed by atoms with van der Waals surface area (Å²) in [5.74, 6) is 0.344. The average Bonchev–Trinajstić information content (AvgIpc) is 3.20. The molecule has 1 aromatic carbocycles. The van der Waals surface area contributed by atoms with Gasteiger partial charge in [0, 0.05) is 30.3 Å². The van der Waals surface area contributed by atoms with Crippen LogP contribution >= 0.6 is 0 Å². The van der Waals surface area contributed by atoms with Gasteiger partial charge in [-0.3, -0.25) is 9.36 Å². The van der Waals surface area contributed by atoms with Crippen molar-refractivity contribution >= 4 is 34.7 Å². The minimum atomic E-state index is -4.46. The molecular formula is C25H30F3N7O2. The van der Waals surface area contributed by atoms with Crippen molar-refractivity contribution in [1.29, 1.82) is 0 Å². The van der Waals surface area contributed by atoms with E-state index in [4.69, 9.17) is 15.5 Å². The Hall–Kier alpha value is -3.41. The second-order valence-corrected chi connectivity index (χ2v) is 9.87. The molecule has 1 saturated carbocycles. The maximum atomic E-state index is 13.3. The third-order valence-corrected chi connectivity index (χ3v) is 7.16. The number of nitrogens with one attached hydrogen (secondary N) is 2. The second kappa shape index (κ2) is 10.2. The summed E-state index contributed by atoms with van der Waals surface area (Å²) in [6.45, 7) is 2.69. The monoisotopic (exact) mass is 517 g/mol. The zero-order valence-corrected chi connectivity index (χ0v) is 20.5. The van der Waals surface area contributed by atoms with Gasteiger partial charge in [-0.05, 0) is 63.6 Å². The number of hydrogen-bond donors (Lipinski definition) is 3. The van der Waals surface area contributed by atoms with Gasteiger partial charge in [-0.15, -0.1) is 0 Å². The van der Waals surface area contributed by atoms with Crippen LogP contribution in [0.15, 0.2) is 30.5 Å². The van der Waals surface area contributed by atoms with Crippen molar-refractivity contribution < 1.29 is 22.7 Å². The van der Waals surface area contributed by atoms with Crippen molar-refractivity contribution in [2.75, 3.05) is 17.2 Å². The molecule has 0 radical (unpaired) electrons. The highest BCUT2D eigenvalue weighted by Gasteiger charge is 2.32. The quantitative estimate of drug-likeness (QED) is 0.430. The van der Waals surface area contributed by atoms with Gasteiger partial charge in [0.1, 0.15) is 5.52 Å². The first-order valence-electron chi connectivity index (χ1n) is 12.5. The summed E-state index contributed by atoms with van der Waals surface area (Å²) in [6.07, 6.45) is 1.56. The Morgan fingerprint density at radius 2 is 1.95 bits per heavy atom. The predicted molar refractivity (Wildman–Crippen MR) is 132 cm³/mol. The molecule has 2 aliphatic rings. The van der Waals surface area contributed by atoms with Gasteiger partial charge in [0.25, 0.3) is 0 Å². The molecule has 0 bridgehead atoms. The van der Waals surface area contributed by atoms with E-state index >= 15 is 0 Å². The van der Waals surface area contributed by atoms with Crippen molar-refractivity contribution in [1.82, 2.24) is 19.5 Å². The molecule has 5 rings (SSSR count). The lowest BCUT2D eigenvalue weighted by Crippen LogP contribution is -2.33. The molecule has 2 fully saturated rings. The summed E-state index contributed by atoms with van der Waals surface area (Å²) >= 11 is 0. The van der Waals surface area contributed by atoms with Crippen molar-refractivity contribution in [2.24, 2.45) is 11.7 Å². The molecule has 1 aliphatic heterocycles. The highest BCUT2D eigenvalue weighted by molar-refractivity contribution is 5.78. The van der Waals surface area contributed by atoms with Crippen molar-refractivity contribution in [3.8, 4) is 0 Å². The molecule has 3 heterocycles. The van der Waals surface area contributed by atoms with Gasteiger partial charge in [0.2, 0.25) is 17.8 Å². The molecule has 9 nitrogen and oxygen atoms in total. The van der Waals surface area contributed by atoms with Crippen LogP contribution in [0, 0.1) is 5.92 Å². The van der Waals surface area contributed by atoms with E-state index in [1.165, 1.54) is 6.07 Å². The Morgan fingerprint density at radius 3 is 2.65 bits per heavy atom. The molecule has 3 aromatic rings. The lowest BCUT2D eigenvalue weighted by Gasteiger charge is -2.29. The third kappa shape index (κ3) is 5.63. The lowest BCUT2D eigenvalue weighted by molar-refractivity contribution is -0.137. The van der Waals surface area contributed by atoms with Crippen LogP contribution in [0.4, 0.5) is 30.8 Å². The van der Waals surface area contributed by atoms with Gasteiger partial charge in [0.05, 0.1) is 17.9 Å². The number of carbonyl (C=O) groups is 1. The van der Waals surface area contributed by atoms with E-state index in [9.17, 15) is 18.0 Å². The molecule has 0 unspecified atom stereocenters. The van der Waals surface area contributed by atoms with E-state index < -0.39 is 11.7 Å². The van der Waals surface area contributed by atoms with Crippen LogP contribution in [0.2, 0.25) is 0 Å². The number of nitrogens with zero attached hydrogens (tertiary/aromatic N) is 4. The van der Waals surface area contributed by atoms with Gasteiger partial charge >= 0.3 is 6.18 Å². The van der Waals surface area contributed by atoms with Crippen molar-refractivity contribution in [2.45, 2.75) is 69.8 Å². The zero-order valence-electron chi connectivity index (χ0n) is 20.5. The molecule has 1 saturated heterocycles. The zero-order chi connectivity index (χ0) is 26.2. The van der Waals surface area contributed by atoms with E-state index in [-0.39, 0.29) is 35.7 Å².